The summed E-state index contributed by atoms with van der Waals surface area (Å²) >= 11 is 1.50. The summed E-state index contributed by atoms with van der Waals surface area (Å²) in [4.78, 5) is 18.7. The van der Waals surface area contributed by atoms with Crippen LogP contribution in [-0.2, 0) is 9.53 Å². The Balaban J connectivity index is 1.78. The minimum atomic E-state index is -0.486. The molecule has 1 aromatic heterocycles. The molecule has 1 amide bonds. The Bertz CT molecular complexity index is 746. The molecular weight excluding hydrogens is 350 g/mol. The Hall–Kier alpha value is -1.96. The number of piperidine rings is 1. The van der Waals surface area contributed by atoms with Crippen LogP contribution in [0.15, 0.2) is 24.3 Å². The third kappa shape index (κ3) is 3.90. The number of nitrogens with zero attached hydrogens (tertiary/aromatic N) is 1. The van der Waals surface area contributed by atoms with Crippen molar-refractivity contribution in [2.75, 3.05) is 39.2 Å². The SMILES string of the molecule is COCC1(C(=O)Nc2nc(-c3ccc(OC)cc3)c(C)s2)CCNCC1. The van der Waals surface area contributed by atoms with Gasteiger partial charge in [-0.3, -0.25) is 4.79 Å². The van der Waals surface area contributed by atoms with Crippen molar-refractivity contribution in [2.24, 2.45) is 5.41 Å². The van der Waals surface area contributed by atoms with Gasteiger partial charge in [-0.2, -0.15) is 0 Å². The lowest BCUT2D eigenvalue weighted by Crippen LogP contribution is -2.47. The summed E-state index contributed by atoms with van der Waals surface area (Å²) in [5.41, 5.74) is 1.41. The Morgan fingerprint density at radius 3 is 2.58 bits per heavy atom. The lowest BCUT2D eigenvalue weighted by molar-refractivity contribution is -0.130. The summed E-state index contributed by atoms with van der Waals surface area (Å²) in [7, 11) is 3.29. The van der Waals surface area contributed by atoms with Crippen molar-refractivity contribution < 1.29 is 14.3 Å². The minimum Gasteiger partial charge on any atom is -0.497 e. The summed E-state index contributed by atoms with van der Waals surface area (Å²) < 4.78 is 10.5. The molecule has 1 aromatic carbocycles. The third-order valence-electron chi connectivity index (χ3n) is 4.84. The molecule has 3 rings (SSSR count). The second-order valence-electron chi connectivity index (χ2n) is 6.57. The Labute approximate surface area is 157 Å². The highest BCUT2D eigenvalue weighted by Crippen LogP contribution is 2.34. The summed E-state index contributed by atoms with van der Waals surface area (Å²) in [6.07, 6.45) is 1.53. The first-order valence-corrected chi connectivity index (χ1v) is 9.52. The molecule has 0 unspecified atom stereocenters. The van der Waals surface area contributed by atoms with Crippen LogP contribution in [0.1, 0.15) is 17.7 Å². The topological polar surface area (TPSA) is 72.5 Å². The summed E-state index contributed by atoms with van der Waals surface area (Å²) in [5.74, 6) is 0.804. The van der Waals surface area contributed by atoms with Crippen molar-refractivity contribution in [3.05, 3.63) is 29.1 Å². The van der Waals surface area contributed by atoms with Gasteiger partial charge in [0.2, 0.25) is 5.91 Å². The highest BCUT2D eigenvalue weighted by molar-refractivity contribution is 7.16. The van der Waals surface area contributed by atoms with Crippen molar-refractivity contribution in [1.29, 1.82) is 0 Å². The van der Waals surface area contributed by atoms with E-state index in [0.717, 1.165) is 47.8 Å². The molecule has 7 heteroatoms. The lowest BCUT2D eigenvalue weighted by Gasteiger charge is -2.35. The monoisotopic (exact) mass is 375 g/mol. The number of aryl methyl sites for hydroxylation is 1. The molecule has 1 aliphatic heterocycles. The quantitative estimate of drug-likeness (QED) is 0.812. The first kappa shape index (κ1) is 18.8. The predicted molar refractivity (Wildman–Crippen MR) is 104 cm³/mol. The summed E-state index contributed by atoms with van der Waals surface area (Å²) in [5, 5.41) is 6.96. The smallest absolute Gasteiger partial charge is 0.234 e. The molecule has 0 spiro atoms. The number of hydrogen-bond acceptors (Lipinski definition) is 6. The average molecular weight is 375 g/mol. The highest BCUT2D eigenvalue weighted by atomic mass is 32.1. The lowest BCUT2D eigenvalue weighted by atomic mass is 9.79. The van der Waals surface area contributed by atoms with Gasteiger partial charge in [-0.05, 0) is 57.1 Å². The fraction of sp³-hybridized carbons (Fsp3) is 0.474. The predicted octanol–water partition coefficient (Wildman–Crippen LogP) is 3.08. The van der Waals surface area contributed by atoms with Crippen LogP contribution in [-0.4, -0.2) is 44.8 Å². The van der Waals surface area contributed by atoms with E-state index in [-0.39, 0.29) is 5.91 Å². The number of ether oxygens (including phenoxy) is 2. The molecule has 2 heterocycles. The Kier molecular flexibility index (Phi) is 5.90. The van der Waals surface area contributed by atoms with Crippen molar-refractivity contribution in [2.45, 2.75) is 19.8 Å². The van der Waals surface area contributed by atoms with Gasteiger partial charge in [0.05, 0.1) is 24.8 Å². The van der Waals surface area contributed by atoms with E-state index in [1.807, 2.05) is 31.2 Å². The average Bonchev–Trinajstić information content (AvgIpc) is 3.03. The zero-order valence-corrected chi connectivity index (χ0v) is 16.2. The van der Waals surface area contributed by atoms with Crippen molar-refractivity contribution in [1.82, 2.24) is 10.3 Å². The van der Waals surface area contributed by atoms with Crippen LogP contribution in [0, 0.1) is 12.3 Å². The van der Waals surface area contributed by atoms with Gasteiger partial charge in [0.15, 0.2) is 5.13 Å². The fourth-order valence-corrected chi connectivity index (χ4v) is 4.15. The number of amides is 1. The standard InChI is InChI=1S/C19H25N3O3S/c1-13-16(14-4-6-15(25-3)7-5-14)21-18(26-13)22-17(23)19(12-24-2)8-10-20-11-9-19/h4-7,20H,8-12H2,1-3H3,(H,21,22,23). The zero-order chi connectivity index (χ0) is 18.6. The highest BCUT2D eigenvalue weighted by Gasteiger charge is 2.40. The van der Waals surface area contributed by atoms with Crippen LogP contribution in [0.5, 0.6) is 5.75 Å². The largest absolute Gasteiger partial charge is 0.497 e. The molecular formula is C19H25N3O3S. The van der Waals surface area contributed by atoms with Crippen LogP contribution in [0.4, 0.5) is 5.13 Å². The van der Waals surface area contributed by atoms with E-state index in [9.17, 15) is 4.79 Å². The molecule has 140 valence electrons. The van der Waals surface area contributed by atoms with Gasteiger partial charge < -0.3 is 20.1 Å². The van der Waals surface area contributed by atoms with Crippen LogP contribution < -0.4 is 15.4 Å². The first-order valence-electron chi connectivity index (χ1n) is 8.71. The fourth-order valence-electron chi connectivity index (χ4n) is 3.31. The van der Waals surface area contributed by atoms with Crippen LogP contribution in [0.25, 0.3) is 11.3 Å². The van der Waals surface area contributed by atoms with Gasteiger partial charge in [0, 0.05) is 17.6 Å². The van der Waals surface area contributed by atoms with E-state index in [1.54, 1.807) is 14.2 Å². The molecule has 0 radical (unpaired) electrons. The second-order valence-corrected chi connectivity index (χ2v) is 7.77. The van der Waals surface area contributed by atoms with E-state index in [1.165, 1.54) is 11.3 Å². The summed E-state index contributed by atoms with van der Waals surface area (Å²) in [6.45, 7) is 4.09. The Morgan fingerprint density at radius 2 is 1.96 bits per heavy atom. The number of carbonyl (C=O) groups excluding carboxylic acids is 1. The molecule has 1 fully saturated rings. The van der Waals surface area contributed by atoms with Gasteiger partial charge in [-0.15, -0.1) is 11.3 Å². The van der Waals surface area contributed by atoms with E-state index >= 15 is 0 Å². The number of methoxy groups -OCH3 is 2. The number of anilines is 1. The second kappa shape index (κ2) is 8.16. The number of rotatable bonds is 6. The van der Waals surface area contributed by atoms with Gasteiger partial charge in [0.25, 0.3) is 0 Å². The van der Waals surface area contributed by atoms with E-state index in [2.05, 4.69) is 15.6 Å². The zero-order valence-electron chi connectivity index (χ0n) is 15.4. The molecule has 2 N–H and O–H groups in total. The molecule has 2 aromatic rings. The number of aromatic nitrogens is 1. The van der Waals surface area contributed by atoms with Gasteiger partial charge in [-0.1, -0.05) is 0 Å². The van der Waals surface area contributed by atoms with E-state index in [4.69, 9.17) is 9.47 Å². The molecule has 0 atom stereocenters. The first-order chi connectivity index (χ1) is 12.6. The van der Waals surface area contributed by atoms with E-state index in [0.29, 0.717) is 11.7 Å². The van der Waals surface area contributed by atoms with Gasteiger partial charge >= 0.3 is 0 Å². The number of thiazole rings is 1. The normalized spacial score (nSPS) is 16.3. The molecule has 6 nitrogen and oxygen atoms in total. The molecule has 0 saturated carbocycles. The van der Waals surface area contributed by atoms with Crippen molar-refractivity contribution in [3.63, 3.8) is 0 Å². The van der Waals surface area contributed by atoms with Crippen molar-refractivity contribution >= 4 is 22.4 Å². The van der Waals surface area contributed by atoms with Gasteiger partial charge in [0.1, 0.15) is 5.75 Å². The van der Waals surface area contributed by atoms with Crippen LogP contribution >= 0.6 is 11.3 Å². The molecule has 26 heavy (non-hydrogen) atoms. The number of benzene rings is 1. The van der Waals surface area contributed by atoms with Gasteiger partial charge in [-0.25, -0.2) is 4.98 Å². The molecule has 1 aliphatic rings. The van der Waals surface area contributed by atoms with E-state index < -0.39 is 5.41 Å². The Morgan fingerprint density at radius 1 is 1.27 bits per heavy atom. The third-order valence-corrected chi connectivity index (χ3v) is 5.73. The maximum Gasteiger partial charge on any atom is 0.234 e. The van der Waals surface area contributed by atoms with Crippen LogP contribution in [0.2, 0.25) is 0 Å². The number of nitrogens with one attached hydrogen (secondary N) is 2. The molecule has 0 aliphatic carbocycles. The molecule has 0 bridgehead atoms. The summed E-state index contributed by atoms with van der Waals surface area (Å²) in [6, 6.07) is 7.78. The molecule has 1 saturated heterocycles. The van der Waals surface area contributed by atoms with Crippen molar-refractivity contribution in [3.8, 4) is 17.0 Å². The number of carbonyl (C=O) groups is 1. The maximum absolute atomic E-state index is 13.0. The minimum absolute atomic E-state index is 0.00381. The maximum atomic E-state index is 13.0. The van der Waals surface area contributed by atoms with Crippen LogP contribution in [0.3, 0.4) is 0 Å². The number of hydrogen-bond donors (Lipinski definition) is 2.